The molecule has 1 amide bonds. The number of esters is 1. The fourth-order valence-corrected chi connectivity index (χ4v) is 2.21. The number of ether oxygens (including phenoxy) is 3. The molecule has 0 unspecified atom stereocenters. The Hall–Kier alpha value is -3.48. The molecule has 0 saturated carbocycles. The van der Waals surface area contributed by atoms with E-state index < -0.39 is 18.0 Å². The molecule has 0 bridgehead atoms. The number of methoxy groups -OCH3 is 2. The summed E-state index contributed by atoms with van der Waals surface area (Å²) < 4.78 is 15.3. The van der Waals surface area contributed by atoms with Crippen LogP contribution in [0.15, 0.2) is 48.5 Å². The Balaban J connectivity index is 1.95. The van der Waals surface area contributed by atoms with Crippen molar-refractivity contribution in [2.45, 2.75) is 13.0 Å². The van der Waals surface area contributed by atoms with Crippen molar-refractivity contribution in [3.05, 3.63) is 54.1 Å². The molecule has 7 heteroatoms. The second kappa shape index (κ2) is 9.28. The zero-order valence-electron chi connectivity index (χ0n) is 15.3. The van der Waals surface area contributed by atoms with Gasteiger partial charge in [0.2, 0.25) is 0 Å². The summed E-state index contributed by atoms with van der Waals surface area (Å²) in [6.45, 7) is 1.47. The summed E-state index contributed by atoms with van der Waals surface area (Å²) in [5, 5.41) is 12.2. The van der Waals surface area contributed by atoms with E-state index in [0.29, 0.717) is 17.0 Å². The third-order valence-electron chi connectivity index (χ3n) is 3.64. The normalized spacial score (nSPS) is 11.7. The molecule has 2 N–H and O–H groups in total. The van der Waals surface area contributed by atoms with Gasteiger partial charge in [0.05, 0.1) is 19.9 Å². The first kappa shape index (κ1) is 19.8. The molecule has 0 heterocycles. The number of anilines is 1. The number of phenols is 1. The van der Waals surface area contributed by atoms with Crippen LogP contribution in [0.3, 0.4) is 0 Å². The van der Waals surface area contributed by atoms with Gasteiger partial charge in [0.15, 0.2) is 17.6 Å². The summed E-state index contributed by atoms with van der Waals surface area (Å²) >= 11 is 0. The predicted molar refractivity (Wildman–Crippen MR) is 101 cm³/mol. The lowest BCUT2D eigenvalue weighted by Crippen LogP contribution is -2.29. The summed E-state index contributed by atoms with van der Waals surface area (Å²) in [6.07, 6.45) is 1.69. The zero-order chi connectivity index (χ0) is 19.8. The number of hydrogen-bond acceptors (Lipinski definition) is 6. The summed E-state index contributed by atoms with van der Waals surface area (Å²) in [4.78, 5) is 24.1. The number of rotatable bonds is 7. The Kier molecular flexibility index (Phi) is 6.82. The molecule has 0 aromatic heterocycles. The number of aromatic hydroxyl groups is 1. The Morgan fingerprint density at radius 1 is 1.07 bits per heavy atom. The highest BCUT2D eigenvalue weighted by Gasteiger charge is 2.18. The lowest BCUT2D eigenvalue weighted by atomic mass is 10.2. The average molecular weight is 371 g/mol. The van der Waals surface area contributed by atoms with Crippen LogP contribution in [0.4, 0.5) is 5.69 Å². The standard InChI is InChI=1S/C20H21NO6/c1-13(20(24)21-15-6-4-5-7-17(15)25-2)27-19(23)11-9-14-8-10-16(22)18(12-14)26-3/h4-13,22H,1-3H3,(H,21,24)/b11-9+/t13-/m0/s1. The highest BCUT2D eigenvalue weighted by Crippen LogP contribution is 2.26. The van der Waals surface area contributed by atoms with E-state index in [9.17, 15) is 14.7 Å². The summed E-state index contributed by atoms with van der Waals surface area (Å²) in [7, 11) is 2.93. The molecule has 2 aromatic carbocycles. The van der Waals surface area contributed by atoms with Gasteiger partial charge in [-0.25, -0.2) is 4.79 Å². The van der Waals surface area contributed by atoms with E-state index in [1.165, 1.54) is 39.4 Å². The summed E-state index contributed by atoms with van der Waals surface area (Å²) in [5.41, 5.74) is 1.12. The third kappa shape index (κ3) is 5.50. The minimum atomic E-state index is -0.999. The van der Waals surface area contributed by atoms with E-state index in [0.717, 1.165) is 0 Å². The van der Waals surface area contributed by atoms with Gasteiger partial charge in [0.1, 0.15) is 5.75 Å². The van der Waals surface area contributed by atoms with E-state index in [4.69, 9.17) is 14.2 Å². The molecule has 2 aromatic rings. The maximum atomic E-state index is 12.2. The van der Waals surface area contributed by atoms with Gasteiger partial charge in [-0.05, 0) is 42.8 Å². The van der Waals surface area contributed by atoms with E-state index >= 15 is 0 Å². The van der Waals surface area contributed by atoms with Crippen molar-refractivity contribution >= 4 is 23.6 Å². The molecule has 2 rings (SSSR count). The molecule has 0 aliphatic rings. The topological polar surface area (TPSA) is 94.1 Å². The van der Waals surface area contributed by atoms with Crippen LogP contribution in [0.1, 0.15) is 12.5 Å². The minimum absolute atomic E-state index is 0.00106. The monoisotopic (exact) mass is 371 g/mol. The highest BCUT2D eigenvalue weighted by molar-refractivity contribution is 5.97. The largest absolute Gasteiger partial charge is 0.504 e. The van der Waals surface area contributed by atoms with Crippen molar-refractivity contribution in [3.63, 3.8) is 0 Å². The molecule has 0 saturated heterocycles. The lowest BCUT2D eigenvalue weighted by molar-refractivity contribution is -0.148. The van der Waals surface area contributed by atoms with Crippen molar-refractivity contribution in [2.75, 3.05) is 19.5 Å². The van der Waals surface area contributed by atoms with Gasteiger partial charge in [-0.3, -0.25) is 4.79 Å². The Morgan fingerprint density at radius 2 is 1.78 bits per heavy atom. The molecule has 0 aliphatic carbocycles. The van der Waals surface area contributed by atoms with Gasteiger partial charge < -0.3 is 24.6 Å². The van der Waals surface area contributed by atoms with E-state index in [1.807, 2.05) is 0 Å². The fraction of sp³-hybridized carbons (Fsp3) is 0.200. The van der Waals surface area contributed by atoms with E-state index in [1.54, 1.807) is 36.4 Å². The van der Waals surface area contributed by atoms with Crippen molar-refractivity contribution in [1.29, 1.82) is 0 Å². The van der Waals surface area contributed by atoms with Gasteiger partial charge in [0.25, 0.3) is 5.91 Å². The van der Waals surface area contributed by atoms with Gasteiger partial charge in [-0.1, -0.05) is 18.2 Å². The van der Waals surface area contributed by atoms with Gasteiger partial charge in [-0.2, -0.15) is 0 Å². The van der Waals surface area contributed by atoms with Gasteiger partial charge >= 0.3 is 5.97 Å². The summed E-state index contributed by atoms with van der Waals surface area (Å²) in [6, 6.07) is 11.6. The first-order chi connectivity index (χ1) is 12.9. The van der Waals surface area contributed by atoms with E-state index in [2.05, 4.69) is 5.32 Å². The molecule has 0 radical (unpaired) electrons. The number of carbonyl (C=O) groups excluding carboxylic acids is 2. The predicted octanol–water partition coefficient (Wildman–Crippen LogP) is 2.99. The molecule has 0 fully saturated rings. The Bertz CT molecular complexity index is 846. The van der Waals surface area contributed by atoms with Crippen LogP contribution in [0.2, 0.25) is 0 Å². The number of carbonyl (C=O) groups is 2. The van der Waals surface area contributed by atoms with Crippen molar-refractivity contribution in [2.24, 2.45) is 0 Å². The molecule has 0 aliphatic heterocycles. The second-order valence-electron chi connectivity index (χ2n) is 5.53. The zero-order valence-corrected chi connectivity index (χ0v) is 15.3. The molecule has 27 heavy (non-hydrogen) atoms. The van der Waals surface area contributed by atoms with Crippen LogP contribution < -0.4 is 14.8 Å². The van der Waals surface area contributed by atoms with E-state index in [-0.39, 0.29) is 11.5 Å². The van der Waals surface area contributed by atoms with Crippen molar-refractivity contribution in [3.8, 4) is 17.2 Å². The summed E-state index contributed by atoms with van der Waals surface area (Å²) in [5.74, 6) is -0.364. The van der Waals surface area contributed by atoms with Crippen LogP contribution in [0, 0.1) is 0 Å². The van der Waals surface area contributed by atoms with Gasteiger partial charge in [0, 0.05) is 6.08 Å². The number of amides is 1. The average Bonchev–Trinajstić information content (AvgIpc) is 2.67. The van der Waals surface area contributed by atoms with Crippen molar-refractivity contribution in [1.82, 2.24) is 0 Å². The number of phenolic OH excluding ortho intramolecular Hbond substituents is 1. The van der Waals surface area contributed by atoms with Crippen LogP contribution in [-0.4, -0.2) is 37.3 Å². The van der Waals surface area contributed by atoms with Crippen molar-refractivity contribution < 1.29 is 28.9 Å². The fourth-order valence-electron chi connectivity index (χ4n) is 2.21. The molecule has 142 valence electrons. The Labute approximate surface area is 157 Å². The Morgan fingerprint density at radius 3 is 2.48 bits per heavy atom. The van der Waals surface area contributed by atoms with Crippen LogP contribution in [-0.2, 0) is 14.3 Å². The van der Waals surface area contributed by atoms with Crippen LogP contribution in [0.5, 0.6) is 17.2 Å². The number of para-hydroxylation sites is 2. The molecular weight excluding hydrogens is 350 g/mol. The smallest absolute Gasteiger partial charge is 0.331 e. The number of nitrogens with one attached hydrogen (secondary N) is 1. The molecular formula is C20H21NO6. The number of hydrogen-bond donors (Lipinski definition) is 2. The van der Waals surface area contributed by atoms with Crippen LogP contribution >= 0.6 is 0 Å². The first-order valence-corrected chi connectivity index (χ1v) is 8.14. The molecule has 1 atom stereocenters. The number of benzene rings is 2. The molecule has 7 nitrogen and oxygen atoms in total. The SMILES string of the molecule is COc1cc(/C=C/C(=O)O[C@@H](C)C(=O)Nc2ccccc2OC)ccc1O. The van der Waals surface area contributed by atoms with Crippen LogP contribution in [0.25, 0.3) is 6.08 Å². The lowest BCUT2D eigenvalue weighted by Gasteiger charge is -2.14. The maximum absolute atomic E-state index is 12.2. The first-order valence-electron chi connectivity index (χ1n) is 8.14. The van der Waals surface area contributed by atoms with Gasteiger partial charge in [-0.15, -0.1) is 0 Å². The highest BCUT2D eigenvalue weighted by atomic mass is 16.5. The minimum Gasteiger partial charge on any atom is -0.504 e. The third-order valence-corrected chi connectivity index (χ3v) is 3.64. The molecule has 0 spiro atoms. The quantitative estimate of drug-likeness (QED) is 0.574. The second-order valence-corrected chi connectivity index (χ2v) is 5.53. The maximum Gasteiger partial charge on any atom is 0.331 e.